The van der Waals surface area contributed by atoms with Crippen molar-refractivity contribution in [1.29, 1.82) is 0 Å². The molecule has 1 fully saturated rings. The molecule has 1 saturated heterocycles. The van der Waals surface area contributed by atoms with Crippen LogP contribution in [0.15, 0.2) is 36.4 Å². The standard InChI is InChI=1S/C22H27F2N3O/c1-15-5-4-6-21(16(15)2)27-11-9-26(10-12-27)14-22(28)25-17(3)19-8-7-18(23)13-20(19)24/h4-8,13,17H,9-12,14H2,1-3H3,(H,25,28)/p+1/t17-/m1/s1. The number of aryl methyl sites for hydroxylation is 1. The van der Waals surface area contributed by atoms with Gasteiger partial charge in [0, 0.05) is 17.3 Å². The Labute approximate surface area is 165 Å². The largest absolute Gasteiger partial charge is 0.360 e. The van der Waals surface area contributed by atoms with Gasteiger partial charge in [0.05, 0.1) is 32.2 Å². The molecule has 0 bridgehead atoms. The zero-order valence-electron chi connectivity index (χ0n) is 16.7. The first-order valence-electron chi connectivity index (χ1n) is 9.74. The van der Waals surface area contributed by atoms with Gasteiger partial charge < -0.3 is 15.1 Å². The predicted octanol–water partition coefficient (Wildman–Crippen LogP) is 2.16. The summed E-state index contributed by atoms with van der Waals surface area (Å²) in [7, 11) is 0. The molecule has 1 aliphatic heterocycles. The van der Waals surface area contributed by atoms with Gasteiger partial charge in [0.15, 0.2) is 6.54 Å². The highest BCUT2D eigenvalue weighted by Crippen LogP contribution is 2.22. The predicted molar refractivity (Wildman–Crippen MR) is 107 cm³/mol. The molecule has 2 aromatic rings. The molecule has 0 radical (unpaired) electrons. The maximum atomic E-state index is 13.9. The van der Waals surface area contributed by atoms with Crippen LogP contribution in [0.5, 0.6) is 0 Å². The van der Waals surface area contributed by atoms with Crippen LogP contribution in [0.4, 0.5) is 14.5 Å². The number of carbonyl (C=O) groups excluding carboxylic acids is 1. The molecule has 0 aromatic heterocycles. The van der Waals surface area contributed by atoms with Crippen LogP contribution in [-0.2, 0) is 4.79 Å². The maximum absolute atomic E-state index is 13.9. The molecule has 150 valence electrons. The number of rotatable bonds is 5. The molecule has 1 heterocycles. The third-order valence-corrected chi connectivity index (χ3v) is 5.60. The topological polar surface area (TPSA) is 36.8 Å². The number of amides is 1. The van der Waals surface area contributed by atoms with Crippen molar-refractivity contribution < 1.29 is 18.5 Å². The molecule has 1 atom stereocenters. The summed E-state index contributed by atoms with van der Waals surface area (Å²) in [6.07, 6.45) is 0. The lowest BCUT2D eigenvalue weighted by atomic mass is 10.1. The van der Waals surface area contributed by atoms with Crippen LogP contribution in [0, 0.1) is 25.5 Å². The summed E-state index contributed by atoms with van der Waals surface area (Å²) in [5.41, 5.74) is 4.15. The van der Waals surface area contributed by atoms with Gasteiger partial charge in [-0.15, -0.1) is 0 Å². The fourth-order valence-corrected chi connectivity index (χ4v) is 3.77. The number of nitrogens with one attached hydrogen (secondary N) is 2. The smallest absolute Gasteiger partial charge is 0.275 e. The summed E-state index contributed by atoms with van der Waals surface area (Å²) >= 11 is 0. The van der Waals surface area contributed by atoms with Gasteiger partial charge in [-0.2, -0.15) is 0 Å². The lowest BCUT2D eigenvalue weighted by Crippen LogP contribution is -3.16. The second kappa shape index (κ2) is 8.69. The second-order valence-corrected chi connectivity index (χ2v) is 7.59. The van der Waals surface area contributed by atoms with Crippen molar-refractivity contribution in [3.63, 3.8) is 0 Å². The molecule has 1 amide bonds. The van der Waals surface area contributed by atoms with Gasteiger partial charge in [-0.1, -0.05) is 18.2 Å². The quantitative estimate of drug-likeness (QED) is 0.824. The van der Waals surface area contributed by atoms with Gasteiger partial charge in [-0.25, -0.2) is 8.78 Å². The van der Waals surface area contributed by atoms with E-state index in [1.54, 1.807) is 6.92 Å². The lowest BCUT2D eigenvalue weighted by Gasteiger charge is -2.34. The molecule has 28 heavy (non-hydrogen) atoms. The molecule has 4 nitrogen and oxygen atoms in total. The number of hydrogen-bond acceptors (Lipinski definition) is 2. The van der Waals surface area contributed by atoms with Crippen molar-refractivity contribution in [2.24, 2.45) is 0 Å². The first kappa shape index (κ1) is 20.3. The SMILES string of the molecule is Cc1cccc(N2CC[NH+](CC(=O)N[C@H](C)c3ccc(F)cc3F)CC2)c1C. The number of carbonyl (C=O) groups is 1. The zero-order chi connectivity index (χ0) is 20.3. The Bertz CT molecular complexity index is 848. The number of hydrogen-bond donors (Lipinski definition) is 2. The molecule has 6 heteroatoms. The number of halogens is 2. The van der Waals surface area contributed by atoms with Crippen LogP contribution in [-0.4, -0.2) is 38.6 Å². The van der Waals surface area contributed by atoms with E-state index in [-0.39, 0.29) is 5.91 Å². The van der Waals surface area contributed by atoms with Crippen molar-refractivity contribution in [2.45, 2.75) is 26.8 Å². The molecule has 1 aliphatic rings. The minimum atomic E-state index is -0.637. The summed E-state index contributed by atoms with van der Waals surface area (Å²) in [4.78, 5) is 16.0. The number of piperazine rings is 1. The summed E-state index contributed by atoms with van der Waals surface area (Å²) < 4.78 is 26.9. The first-order chi connectivity index (χ1) is 13.3. The van der Waals surface area contributed by atoms with E-state index >= 15 is 0 Å². The first-order valence-corrected chi connectivity index (χ1v) is 9.74. The molecule has 3 rings (SSSR count). The van der Waals surface area contributed by atoms with Gasteiger partial charge >= 0.3 is 0 Å². The fraction of sp³-hybridized carbons (Fsp3) is 0.409. The third kappa shape index (κ3) is 4.68. The van der Waals surface area contributed by atoms with Crippen molar-refractivity contribution in [2.75, 3.05) is 37.6 Å². The van der Waals surface area contributed by atoms with Crippen LogP contribution >= 0.6 is 0 Å². The van der Waals surface area contributed by atoms with Crippen molar-refractivity contribution in [3.8, 4) is 0 Å². The molecule has 0 saturated carbocycles. The lowest BCUT2D eigenvalue weighted by molar-refractivity contribution is -0.892. The molecule has 0 unspecified atom stereocenters. The maximum Gasteiger partial charge on any atom is 0.275 e. The summed E-state index contributed by atoms with van der Waals surface area (Å²) in [5, 5.41) is 2.83. The van der Waals surface area contributed by atoms with Gasteiger partial charge in [0.2, 0.25) is 0 Å². The Morgan fingerprint density at radius 3 is 2.57 bits per heavy atom. The Hall–Kier alpha value is -2.47. The van der Waals surface area contributed by atoms with Gasteiger partial charge in [0.25, 0.3) is 5.91 Å². The van der Waals surface area contributed by atoms with Gasteiger partial charge in [0.1, 0.15) is 11.6 Å². The van der Waals surface area contributed by atoms with E-state index in [4.69, 9.17) is 0 Å². The monoisotopic (exact) mass is 388 g/mol. The van der Waals surface area contributed by atoms with Crippen LogP contribution in [0.2, 0.25) is 0 Å². The number of anilines is 1. The minimum Gasteiger partial charge on any atom is -0.360 e. The highest BCUT2D eigenvalue weighted by molar-refractivity contribution is 5.77. The van der Waals surface area contributed by atoms with Crippen molar-refractivity contribution >= 4 is 11.6 Å². The van der Waals surface area contributed by atoms with Crippen molar-refractivity contribution in [1.82, 2.24) is 5.32 Å². The molecular formula is C22H28F2N3O+. The third-order valence-electron chi connectivity index (χ3n) is 5.60. The molecule has 0 spiro atoms. The highest BCUT2D eigenvalue weighted by atomic mass is 19.1. The van der Waals surface area contributed by atoms with E-state index in [2.05, 4.69) is 42.3 Å². The number of nitrogens with zero attached hydrogens (tertiary/aromatic N) is 1. The van der Waals surface area contributed by atoms with Crippen molar-refractivity contribution in [3.05, 3.63) is 64.7 Å². The molecule has 2 aromatic carbocycles. The summed E-state index contributed by atoms with van der Waals surface area (Å²) in [5.74, 6) is -1.38. The Balaban J connectivity index is 1.51. The fourth-order valence-electron chi connectivity index (χ4n) is 3.77. The Morgan fingerprint density at radius 1 is 1.18 bits per heavy atom. The average Bonchev–Trinajstić information content (AvgIpc) is 2.64. The zero-order valence-corrected chi connectivity index (χ0v) is 16.7. The average molecular weight is 388 g/mol. The minimum absolute atomic E-state index is 0.119. The Morgan fingerprint density at radius 2 is 1.89 bits per heavy atom. The second-order valence-electron chi connectivity index (χ2n) is 7.59. The van der Waals surface area contributed by atoms with Crippen LogP contribution < -0.4 is 15.1 Å². The van der Waals surface area contributed by atoms with E-state index in [9.17, 15) is 13.6 Å². The van der Waals surface area contributed by atoms with E-state index in [0.717, 1.165) is 32.2 Å². The summed E-state index contributed by atoms with van der Waals surface area (Å²) in [6.45, 7) is 9.88. The van der Waals surface area contributed by atoms with E-state index in [0.29, 0.717) is 12.1 Å². The van der Waals surface area contributed by atoms with E-state index in [1.807, 2.05) is 0 Å². The number of quaternary nitrogens is 1. The van der Waals surface area contributed by atoms with Crippen LogP contribution in [0.1, 0.15) is 29.7 Å². The summed E-state index contributed by atoms with van der Waals surface area (Å²) in [6, 6.07) is 9.29. The van der Waals surface area contributed by atoms with Crippen LogP contribution in [0.25, 0.3) is 0 Å². The number of benzene rings is 2. The van der Waals surface area contributed by atoms with E-state index < -0.39 is 17.7 Å². The van der Waals surface area contributed by atoms with E-state index in [1.165, 1.54) is 33.8 Å². The van der Waals surface area contributed by atoms with Gasteiger partial charge in [-0.05, 0) is 44.0 Å². The molecule has 0 aliphatic carbocycles. The normalized spacial score (nSPS) is 16.1. The highest BCUT2D eigenvalue weighted by Gasteiger charge is 2.24. The Kier molecular flexibility index (Phi) is 6.29. The van der Waals surface area contributed by atoms with Gasteiger partial charge in [-0.3, -0.25) is 4.79 Å². The molecule has 2 N–H and O–H groups in total. The van der Waals surface area contributed by atoms with Crippen LogP contribution in [0.3, 0.4) is 0 Å². The molecular weight excluding hydrogens is 360 g/mol.